The molecule has 118 valence electrons. The highest BCUT2D eigenvalue weighted by atomic mass is 16.7. The molecule has 0 aromatic carbocycles. The third-order valence-electron chi connectivity index (χ3n) is 5.25. The Balaban J connectivity index is 2.24. The molecule has 0 unspecified atom stereocenters. The van der Waals surface area contributed by atoms with Crippen molar-refractivity contribution in [2.24, 2.45) is 17.3 Å². The molecule has 0 radical (unpaired) electrons. The molecule has 0 bridgehead atoms. The topological polar surface area (TPSA) is 69.7 Å². The average Bonchev–Trinajstić information content (AvgIpc) is 2.65. The van der Waals surface area contributed by atoms with Gasteiger partial charge in [0.15, 0.2) is 5.78 Å². The normalized spacial score (nSPS) is 40.2. The Morgan fingerprint density at radius 2 is 2.09 bits per heavy atom. The molecule has 22 heavy (non-hydrogen) atoms. The molecule has 2 fully saturated rings. The fourth-order valence-corrected chi connectivity index (χ4v) is 4.19. The summed E-state index contributed by atoms with van der Waals surface area (Å²) in [6.45, 7) is 6.79. The van der Waals surface area contributed by atoms with E-state index in [9.17, 15) is 14.4 Å². The summed E-state index contributed by atoms with van der Waals surface area (Å²) in [5.41, 5.74) is 0.711. The molecule has 1 saturated carbocycles. The van der Waals surface area contributed by atoms with Gasteiger partial charge in [-0.1, -0.05) is 19.9 Å². The van der Waals surface area contributed by atoms with Crippen LogP contribution >= 0.6 is 0 Å². The third kappa shape index (κ3) is 1.81. The van der Waals surface area contributed by atoms with Crippen molar-refractivity contribution in [2.45, 2.75) is 46.3 Å². The van der Waals surface area contributed by atoms with Crippen LogP contribution in [0, 0.1) is 17.3 Å². The number of carbonyl (C=O) groups excluding carboxylic acids is 3. The lowest BCUT2D eigenvalue weighted by Gasteiger charge is -2.48. The van der Waals surface area contributed by atoms with Crippen molar-refractivity contribution in [2.75, 3.05) is 0 Å². The molecule has 2 aliphatic carbocycles. The van der Waals surface area contributed by atoms with Crippen LogP contribution in [0.15, 0.2) is 23.3 Å². The van der Waals surface area contributed by atoms with Crippen LogP contribution in [0.2, 0.25) is 0 Å². The molecule has 5 nitrogen and oxygen atoms in total. The number of esters is 2. The molecule has 0 spiro atoms. The lowest BCUT2D eigenvalue weighted by atomic mass is 9.60. The van der Waals surface area contributed by atoms with Crippen molar-refractivity contribution in [3.8, 4) is 0 Å². The van der Waals surface area contributed by atoms with Gasteiger partial charge in [0, 0.05) is 23.5 Å². The van der Waals surface area contributed by atoms with Gasteiger partial charge in [-0.3, -0.25) is 14.4 Å². The minimum atomic E-state index is -1.43. The number of ether oxygens (including phenoxy) is 2. The lowest BCUT2D eigenvalue weighted by molar-refractivity contribution is -0.219. The van der Waals surface area contributed by atoms with Crippen molar-refractivity contribution in [1.82, 2.24) is 0 Å². The molecule has 3 rings (SSSR count). The predicted molar refractivity (Wildman–Crippen MR) is 77.4 cm³/mol. The predicted octanol–water partition coefficient (Wildman–Crippen LogP) is 2.31. The Morgan fingerprint density at radius 3 is 2.73 bits per heavy atom. The van der Waals surface area contributed by atoms with E-state index in [1.54, 1.807) is 19.9 Å². The second-order valence-corrected chi connectivity index (χ2v) is 6.73. The van der Waals surface area contributed by atoms with Crippen LogP contribution in [0.3, 0.4) is 0 Å². The SMILES string of the molecule is CC(=O)O[C@@]12OC(=O)[C@@H](C)[C@@H]1CC[C@@]1(C)C=CC(=O)C(C)=C21. The van der Waals surface area contributed by atoms with Crippen LogP contribution in [0.1, 0.15) is 40.5 Å². The second kappa shape index (κ2) is 4.54. The minimum Gasteiger partial charge on any atom is -0.418 e. The molecular formula is C17H20O5. The number of rotatable bonds is 1. The van der Waals surface area contributed by atoms with E-state index < -0.39 is 17.2 Å². The largest absolute Gasteiger partial charge is 0.418 e. The zero-order chi connectivity index (χ0) is 16.3. The minimum absolute atomic E-state index is 0.129. The van der Waals surface area contributed by atoms with Gasteiger partial charge in [-0.15, -0.1) is 0 Å². The second-order valence-electron chi connectivity index (χ2n) is 6.73. The van der Waals surface area contributed by atoms with Crippen LogP contribution in [0.4, 0.5) is 0 Å². The fraction of sp³-hybridized carbons (Fsp3) is 0.588. The first-order valence-electron chi connectivity index (χ1n) is 7.59. The maximum atomic E-state index is 12.2. The smallest absolute Gasteiger partial charge is 0.312 e. The summed E-state index contributed by atoms with van der Waals surface area (Å²) in [5, 5.41) is 0. The Labute approximate surface area is 129 Å². The first kappa shape index (κ1) is 15.0. The summed E-state index contributed by atoms with van der Waals surface area (Å²) < 4.78 is 11.2. The van der Waals surface area contributed by atoms with Crippen LogP contribution in [-0.4, -0.2) is 23.5 Å². The summed E-state index contributed by atoms with van der Waals surface area (Å²) in [7, 11) is 0. The zero-order valence-electron chi connectivity index (χ0n) is 13.3. The lowest BCUT2D eigenvalue weighted by Crippen LogP contribution is -2.52. The summed E-state index contributed by atoms with van der Waals surface area (Å²) in [6.07, 6.45) is 4.89. The highest BCUT2D eigenvalue weighted by Crippen LogP contribution is 2.59. The molecule has 0 N–H and O–H groups in total. The van der Waals surface area contributed by atoms with E-state index in [0.29, 0.717) is 17.6 Å². The van der Waals surface area contributed by atoms with Gasteiger partial charge in [-0.2, -0.15) is 0 Å². The first-order chi connectivity index (χ1) is 10.2. The van der Waals surface area contributed by atoms with E-state index in [1.165, 1.54) is 6.92 Å². The first-order valence-corrected chi connectivity index (χ1v) is 7.59. The Morgan fingerprint density at radius 1 is 1.41 bits per heavy atom. The van der Waals surface area contributed by atoms with Crippen LogP contribution in [0.25, 0.3) is 0 Å². The molecule has 1 saturated heterocycles. The molecule has 5 heteroatoms. The fourth-order valence-electron chi connectivity index (χ4n) is 4.19. The highest BCUT2D eigenvalue weighted by Gasteiger charge is 2.65. The molecule has 0 amide bonds. The maximum Gasteiger partial charge on any atom is 0.312 e. The van der Waals surface area contributed by atoms with E-state index >= 15 is 0 Å². The molecular weight excluding hydrogens is 284 g/mol. The average molecular weight is 304 g/mol. The van der Waals surface area contributed by atoms with E-state index in [4.69, 9.17) is 9.47 Å². The monoisotopic (exact) mass is 304 g/mol. The summed E-state index contributed by atoms with van der Waals surface area (Å²) in [6, 6.07) is 0. The molecule has 1 aliphatic heterocycles. The van der Waals surface area contributed by atoms with Gasteiger partial charge in [-0.25, -0.2) is 0 Å². The van der Waals surface area contributed by atoms with Gasteiger partial charge in [0.2, 0.25) is 0 Å². The molecule has 4 atom stereocenters. The third-order valence-corrected chi connectivity index (χ3v) is 5.25. The van der Waals surface area contributed by atoms with E-state index in [2.05, 4.69) is 0 Å². The van der Waals surface area contributed by atoms with Gasteiger partial charge in [0.1, 0.15) is 0 Å². The van der Waals surface area contributed by atoms with E-state index in [1.807, 2.05) is 13.0 Å². The van der Waals surface area contributed by atoms with Crippen LogP contribution in [0.5, 0.6) is 0 Å². The summed E-state index contributed by atoms with van der Waals surface area (Å²) in [5.74, 6) is -3.06. The van der Waals surface area contributed by atoms with E-state index in [0.717, 1.165) is 6.42 Å². The van der Waals surface area contributed by atoms with Gasteiger partial charge in [-0.05, 0) is 25.8 Å². The molecule has 3 aliphatic rings. The van der Waals surface area contributed by atoms with Gasteiger partial charge in [0.25, 0.3) is 5.79 Å². The number of hydrogen-bond donors (Lipinski definition) is 0. The number of ketones is 1. The van der Waals surface area contributed by atoms with Crippen LogP contribution in [-0.2, 0) is 23.9 Å². The van der Waals surface area contributed by atoms with Crippen molar-refractivity contribution < 1.29 is 23.9 Å². The number of hydrogen-bond acceptors (Lipinski definition) is 5. The Bertz CT molecular complexity index is 639. The van der Waals surface area contributed by atoms with Crippen molar-refractivity contribution in [3.05, 3.63) is 23.3 Å². The van der Waals surface area contributed by atoms with Gasteiger partial charge >= 0.3 is 11.9 Å². The Kier molecular flexibility index (Phi) is 3.10. The number of fused-ring (bicyclic) bond motifs is 3. The van der Waals surface area contributed by atoms with Crippen molar-refractivity contribution >= 4 is 17.7 Å². The van der Waals surface area contributed by atoms with Crippen LogP contribution < -0.4 is 0 Å². The number of carbonyl (C=O) groups is 3. The summed E-state index contributed by atoms with van der Waals surface area (Å²) in [4.78, 5) is 36.0. The zero-order valence-corrected chi connectivity index (χ0v) is 13.3. The molecule has 0 aromatic rings. The maximum absolute atomic E-state index is 12.2. The van der Waals surface area contributed by atoms with Gasteiger partial charge in [0.05, 0.1) is 11.8 Å². The van der Waals surface area contributed by atoms with Crippen molar-refractivity contribution in [1.29, 1.82) is 0 Å². The Hall–Kier alpha value is -1.91. The standard InChI is InChI=1S/C17H20O5/c1-9-12-5-7-16(4)8-6-13(19)10(2)14(16)17(12,21-11(3)18)22-15(9)20/h6,8-9,12H,5,7H2,1-4H3/t9-,12-,16-,17+/m0/s1. The number of allylic oxidation sites excluding steroid dienone is 3. The molecule has 1 heterocycles. The van der Waals surface area contributed by atoms with E-state index in [-0.39, 0.29) is 23.6 Å². The molecule has 0 aromatic heterocycles. The summed E-state index contributed by atoms with van der Waals surface area (Å²) >= 11 is 0. The van der Waals surface area contributed by atoms with Crippen molar-refractivity contribution in [3.63, 3.8) is 0 Å². The van der Waals surface area contributed by atoms with Gasteiger partial charge < -0.3 is 9.47 Å². The quantitative estimate of drug-likeness (QED) is 0.695. The highest BCUT2D eigenvalue weighted by molar-refractivity contribution is 6.06.